The first-order valence-corrected chi connectivity index (χ1v) is 6.50. The Kier molecular flexibility index (Phi) is 4.45. The van der Waals surface area contributed by atoms with E-state index in [0.717, 1.165) is 17.7 Å². The van der Waals surface area contributed by atoms with E-state index in [1.165, 1.54) is 12.1 Å². The van der Waals surface area contributed by atoms with Crippen LogP contribution in [0.5, 0.6) is 0 Å². The molecule has 0 atom stereocenters. The van der Waals surface area contributed by atoms with E-state index in [1.54, 1.807) is 17.9 Å². The van der Waals surface area contributed by atoms with Crippen molar-refractivity contribution in [2.24, 2.45) is 7.05 Å². The van der Waals surface area contributed by atoms with Gasteiger partial charge in [0, 0.05) is 26.1 Å². The maximum atomic E-state index is 12.4. The standard InChI is InChI=1S/C15H15F3N2O/c1-20-10-12(9-19-20)4-7-14(21)8-11-2-5-13(6-3-11)15(16,17)18/h2-3,5-6,9-10H,4,7-8H2,1H3. The fourth-order valence-electron chi connectivity index (χ4n) is 2.01. The summed E-state index contributed by atoms with van der Waals surface area (Å²) < 4.78 is 38.9. The number of hydrogen-bond acceptors (Lipinski definition) is 2. The fourth-order valence-corrected chi connectivity index (χ4v) is 2.01. The zero-order valence-electron chi connectivity index (χ0n) is 11.5. The van der Waals surface area contributed by atoms with Gasteiger partial charge >= 0.3 is 6.18 Å². The van der Waals surface area contributed by atoms with Crippen LogP contribution in [-0.4, -0.2) is 15.6 Å². The van der Waals surface area contributed by atoms with E-state index >= 15 is 0 Å². The number of aromatic nitrogens is 2. The van der Waals surface area contributed by atoms with Gasteiger partial charge in [-0.15, -0.1) is 0 Å². The number of carbonyl (C=O) groups is 1. The molecule has 0 aliphatic rings. The molecule has 1 aromatic heterocycles. The SMILES string of the molecule is Cn1cc(CCC(=O)Cc2ccc(C(F)(F)F)cc2)cn1. The Balaban J connectivity index is 1.88. The molecule has 2 rings (SSSR count). The lowest BCUT2D eigenvalue weighted by Gasteiger charge is -2.07. The van der Waals surface area contributed by atoms with Gasteiger partial charge in [0.1, 0.15) is 5.78 Å². The second-order valence-electron chi connectivity index (χ2n) is 4.93. The van der Waals surface area contributed by atoms with E-state index in [1.807, 2.05) is 6.20 Å². The Morgan fingerprint density at radius 3 is 2.38 bits per heavy atom. The number of alkyl halides is 3. The van der Waals surface area contributed by atoms with Crippen LogP contribution < -0.4 is 0 Å². The van der Waals surface area contributed by atoms with Gasteiger partial charge in [0.15, 0.2) is 0 Å². The summed E-state index contributed by atoms with van der Waals surface area (Å²) in [6.45, 7) is 0. The zero-order valence-corrected chi connectivity index (χ0v) is 11.5. The first-order chi connectivity index (χ1) is 9.84. The summed E-state index contributed by atoms with van der Waals surface area (Å²) in [5.41, 5.74) is 0.867. The van der Waals surface area contributed by atoms with Crippen LogP contribution in [0.15, 0.2) is 36.7 Å². The molecule has 112 valence electrons. The molecule has 1 heterocycles. The minimum absolute atomic E-state index is 0.00129. The van der Waals surface area contributed by atoms with E-state index in [2.05, 4.69) is 5.10 Å². The lowest BCUT2D eigenvalue weighted by Crippen LogP contribution is -2.07. The monoisotopic (exact) mass is 296 g/mol. The third-order valence-electron chi connectivity index (χ3n) is 3.13. The van der Waals surface area contributed by atoms with Crippen molar-refractivity contribution in [2.45, 2.75) is 25.4 Å². The van der Waals surface area contributed by atoms with Crippen LogP contribution in [0.1, 0.15) is 23.1 Å². The summed E-state index contributed by atoms with van der Waals surface area (Å²) in [6, 6.07) is 4.71. The highest BCUT2D eigenvalue weighted by Gasteiger charge is 2.29. The lowest BCUT2D eigenvalue weighted by atomic mass is 10.0. The molecular formula is C15H15F3N2O. The van der Waals surface area contributed by atoms with Gasteiger partial charge < -0.3 is 0 Å². The van der Waals surface area contributed by atoms with Crippen molar-refractivity contribution in [3.8, 4) is 0 Å². The predicted molar refractivity (Wildman–Crippen MR) is 71.7 cm³/mol. The highest BCUT2D eigenvalue weighted by atomic mass is 19.4. The van der Waals surface area contributed by atoms with Crippen LogP contribution in [-0.2, 0) is 30.9 Å². The van der Waals surface area contributed by atoms with Crippen LogP contribution in [0.4, 0.5) is 13.2 Å². The highest BCUT2D eigenvalue weighted by molar-refractivity contribution is 5.81. The second-order valence-corrected chi connectivity index (χ2v) is 4.93. The first kappa shape index (κ1) is 15.3. The molecule has 6 heteroatoms. The average molecular weight is 296 g/mol. The lowest BCUT2D eigenvalue weighted by molar-refractivity contribution is -0.137. The molecule has 0 spiro atoms. The van der Waals surface area contributed by atoms with Crippen molar-refractivity contribution in [3.63, 3.8) is 0 Å². The van der Waals surface area contributed by atoms with Gasteiger partial charge in [0.2, 0.25) is 0 Å². The molecule has 0 unspecified atom stereocenters. The Hall–Kier alpha value is -2.11. The second kappa shape index (κ2) is 6.11. The van der Waals surface area contributed by atoms with E-state index in [-0.39, 0.29) is 12.2 Å². The maximum Gasteiger partial charge on any atom is 0.416 e. The van der Waals surface area contributed by atoms with Gasteiger partial charge in [0.05, 0.1) is 11.8 Å². The maximum absolute atomic E-state index is 12.4. The van der Waals surface area contributed by atoms with Crippen molar-refractivity contribution in [3.05, 3.63) is 53.3 Å². The predicted octanol–water partition coefficient (Wildman–Crippen LogP) is 3.18. The number of hydrogen-bond donors (Lipinski definition) is 0. The number of rotatable bonds is 5. The van der Waals surface area contributed by atoms with Gasteiger partial charge in [-0.25, -0.2) is 0 Å². The quantitative estimate of drug-likeness (QED) is 0.849. The summed E-state index contributed by atoms with van der Waals surface area (Å²) in [5, 5.41) is 4.01. The van der Waals surface area contributed by atoms with E-state index in [0.29, 0.717) is 18.4 Å². The summed E-state index contributed by atoms with van der Waals surface area (Å²) >= 11 is 0. The Morgan fingerprint density at radius 1 is 1.19 bits per heavy atom. The number of benzene rings is 1. The van der Waals surface area contributed by atoms with Crippen LogP contribution in [0.2, 0.25) is 0 Å². The number of Topliss-reactive ketones (excluding diaryl/α,β-unsaturated/α-hetero) is 1. The number of ketones is 1. The van der Waals surface area contributed by atoms with Gasteiger partial charge in [-0.1, -0.05) is 12.1 Å². The van der Waals surface area contributed by atoms with Crippen LogP contribution in [0.3, 0.4) is 0 Å². The highest BCUT2D eigenvalue weighted by Crippen LogP contribution is 2.29. The van der Waals surface area contributed by atoms with Gasteiger partial charge in [-0.05, 0) is 29.7 Å². The Morgan fingerprint density at radius 2 is 1.86 bits per heavy atom. The summed E-state index contributed by atoms with van der Waals surface area (Å²) in [5.74, 6) is -0.00129. The van der Waals surface area contributed by atoms with Gasteiger partial charge in [-0.2, -0.15) is 18.3 Å². The molecule has 0 saturated carbocycles. The minimum Gasteiger partial charge on any atom is -0.299 e. The molecule has 2 aromatic rings. The van der Waals surface area contributed by atoms with Crippen molar-refractivity contribution >= 4 is 5.78 Å². The minimum atomic E-state index is -4.34. The molecule has 0 amide bonds. The normalized spacial score (nSPS) is 11.6. The summed E-state index contributed by atoms with van der Waals surface area (Å²) in [4.78, 5) is 11.8. The van der Waals surface area contributed by atoms with Crippen molar-refractivity contribution in [2.75, 3.05) is 0 Å². The molecule has 1 aromatic carbocycles. The molecular weight excluding hydrogens is 281 g/mol. The largest absolute Gasteiger partial charge is 0.416 e. The van der Waals surface area contributed by atoms with Gasteiger partial charge in [-0.3, -0.25) is 9.48 Å². The van der Waals surface area contributed by atoms with Crippen molar-refractivity contribution in [1.29, 1.82) is 0 Å². The zero-order chi connectivity index (χ0) is 15.5. The van der Waals surface area contributed by atoms with E-state index < -0.39 is 11.7 Å². The summed E-state index contributed by atoms with van der Waals surface area (Å²) in [6.07, 6.45) is 0.290. The number of aryl methyl sites for hydroxylation is 2. The fraction of sp³-hybridized carbons (Fsp3) is 0.333. The van der Waals surface area contributed by atoms with Crippen LogP contribution >= 0.6 is 0 Å². The summed E-state index contributed by atoms with van der Waals surface area (Å²) in [7, 11) is 1.80. The van der Waals surface area contributed by atoms with E-state index in [9.17, 15) is 18.0 Å². The van der Waals surface area contributed by atoms with Crippen LogP contribution in [0, 0.1) is 0 Å². The molecule has 0 N–H and O–H groups in total. The molecule has 0 fully saturated rings. The molecule has 21 heavy (non-hydrogen) atoms. The molecule has 0 aliphatic carbocycles. The smallest absolute Gasteiger partial charge is 0.299 e. The number of halogens is 3. The third-order valence-corrected chi connectivity index (χ3v) is 3.13. The molecule has 3 nitrogen and oxygen atoms in total. The number of nitrogens with zero attached hydrogens (tertiary/aromatic N) is 2. The van der Waals surface area contributed by atoms with Gasteiger partial charge in [0.25, 0.3) is 0 Å². The average Bonchev–Trinajstić information content (AvgIpc) is 2.82. The Labute approximate surface area is 120 Å². The Bertz CT molecular complexity index is 615. The van der Waals surface area contributed by atoms with Crippen molar-refractivity contribution < 1.29 is 18.0 Å². The molecule has 0 radical (unpaired) electrons. The van der Waals surface area contributed by atoms with Crippen LogP contribution in [0.25, 0.3) is 0 Å². The van der Waals surface area contributed by atoms with Crippen molar-refractivity contribution in [1.82, 2.24) is 9.78 Å². The third kappa shape index (κ3) is 4.44. The molecule has 0 aliphatic heterocycles. The first-order valence-electron chi connectivity index (χ1n) is 6.50. The topological polar surface area (TPSA) is 34.9 Å². The molecule has 0 saturated heterocycles. The van der Waals surface area contributed by atoms with E-state index in [4.69, 9.17) is 0 Å². The number of carbonyl (C=O) groups excluding carboxylic acids is 1. The molecule has 0 bridgehead atoms.